The van der Waals surface area contributed by atoms with E-state index in [1.54, 1.807) is 11.3 Å². The van der Waals surface area contributed by atoms with E-state index in [0.29, 0.717) is 22.8 Å². The number of hydrogen-bond acceptors (Lipinski definition) is 4. The Balaban J connectivity index is 2.38. The van der Waals surface area contributed by atoms with E-state index in [9.17, 15) is 10.1 Å². The number of amides is 1. The van der Waals surface area contributed by atoms with E-state index in [0.717, 1.165) is 16.0 Å². The Hall–Kier alpha value is -1.51. The second-order valence-corrected chi connectivity index (χ2v) is 6.81. The van der Waals surface area contributed by atoms with Gasteiger partial charge in [0.1, 0.15) is 0 Å². The molecule has 2 rings (SSSR count). The molecule has 3 nitrogen and oxygen atoms in total. The van der Waals surface area contributed by atoms with Crippen LogP contribution in [0.4, 0.5) is 0 Å². The maximum atomic E-state index is 11.9. The number of thiophene rings is 1. The van der Waals surface area contributed by atoms with Crippen LogP contribution in [0.25, 0.3) is 0 Å². The molecule has 0 saturated heterocycles. The summed E-state index contributed by atoms with van der Waals surface area (Å²) in [5, 5.41) is 15.0. The van der Waals surface area contributed by atoms with E-state index in [2.05, 4.69) is 18.0 Å². The van der Waals surface area contributed by atoms with Crippen LogP contribution in [-0.2, 0) is 4.79 Å². The third-order valence-corrected chi connectivity index (χ3v) is 5.42. The van der Waals surface area contributed by atoms with Crippen LogP contribution >= 0.6 is 23.1 Å². The number of nitriles is 1. The fourth-order valence-corrected chi connectivity index (χ4v) is 4.05. The van der Waals surface area contributed by atoms with Gasteiger partial charge >= 0.3 is 0 Å². The van der Waals surface area contributed by atoms with E-state index in [1.807, 2.05) is 25.3 Å². The van der Waals surface area contributed by atoms with Gasteiger partial charge in [0.05, 0.1) is 16.7 Å². The highest BCUT2D eigenvalue weighted by atomic mass is 32.2. The second-order valence-electron chi connectivity index (χ2n) is 4.87. The highest BCUT2D eigenvalue weighted by Gasteiger charge is 2.31. The Kier molecular flexibility index (Phi) is 4.69. The lowest BCUT2D eigenvalue weighted by molar-refractivity contribution is -0.120. The SMILES string of the molecule is C=C(C)CSC1=C(C#N)[C@@H](c2sccc2C)CC(=O)N1. The summed E-state index contributed by atoms with van der Waals surface area (Å²) in [6.07, 6.45) is 0.349. The average molecular weight is 304 g/mol. The number of allylic oxidation sites excluding steroid dienone is 1. The third-order valence-electron chi connectivity index (χ3n) is 3.04. The molecule has 1 amide bonds. The van der Waals surface area contributed by atoms with Crippen LogP contribution < -0.4 is 5.32 Å². The number of rotatable bonds is 4. The first kappa shape index (κ1) is 14.9. The first-order chi connectivity index (χ1) is 9.52. The summed E-state index contributed by atoms with van der Waals surface area (Å²) in [6.45, 7) is 7.81. The molecule has 1 atom stereocenters. The first-order valence-corrected chi connectivity index (χ1v) is 8.14. The van der Waals surface area contributed by atoms with E-state index in [4.69, 9.17) is 0 Å². The van der Waals surface area contributed by atoms with Crippen molar-refractivity contribution in [1.82, 2.24) is 5.32 Å². The van der Waals surface area contributed by atoms with E-state index < -0.39 is 0 Å². The van der Waals surface area contributed by atoms with Gasteiger partial charge in [0.15, 0.2) is 0 Å². The molecule has 0 radical (unpaired) electrons. The third kappa shape index (κ3) is 3.14. The maximum Gasteiger partial charge on any atom is 0.225 e. The van der Waals surface area contributed by atoms with Crippen LogP contribution in [0.15, 0.2) is 34.2 Å². The van der Waals surface area contributed by atoms with Crippen LogP contribution in [-0.4, -0.2) is 11.7 Å². The van der Waals surface area contributed by atoms with Crippen molar-refractivity contribution >= 4 is 29.0 Å². The van der Waals surface area contributed by atoms with Crippen LogP contribution in [0.1, 0.15) is 29.7 Å². The predicted octanol–water partition coefficient (Wildman–Crippen LogP) is 3.70. The van der Waals surface area contributed by atoms with Crippen molar-refractivity contribution in [3.63, 3.8) is 0 Å². The minimum atomic E-state index is -0.110. The van der Waals surface area contributed by atoms with Gasteiger partial charge < -0.3 is 5.32 Å². The molecular formula is C15H16N2OS2. The minimum absolute atomic E-state index is 0.0222. The fourth-order valence-electron chi connectivity index (χ4n) is 2.09. The summed E-state index contributed by atoms with van der Waals surface area (Å²) in [4.78, 5) is 13.0. The summed E-state index contributed by atoms with van der Waals surface area (Å²) in [7, 11) is 0. The molecule has 1 aliphatic heterocycles. The lowest BCUT2D eigenvalue weighted by Gasteiger charge is -2.24. The molecule has 0 saturated carbocycles. The summed E-state index contributed by atoms with van der Waals surface area (Å²) < 4.78 is 0. The van der Waals surface area contributed by atoms with Gasteiger partial charge in [-0.2, -0.15) is 5.26 Å². The Labute approximate surface area is 127 Å². The van der Waals surface area contributed by atoms with Gasteiger partial charge in [-0.25, -0.2) is 0 Å². The zero-order valence-electron chi connectivity index (χ0n) is 11.5. The normalized spacial score (nSPS) is 18.6. The van der Waals surface area contributed by atoms with Crippen LogP contribution in [0.2, 0.25) is 0 Å². The Morgan fingerprint density at radius 3 is 3.00 bits per heavy atom. The van der Waals surface area contributed by atoms with E-state index >= 15 is 0 Å². The lowest BCUT2D eigenvalue weighted by Crippen LogP contribution is -2.30. The monoisotopic (exact) mass is 304 g/mol. The molecule has 0 unspecified atom stereocenters. The van der Waals surface area contributed by atoms with Gasteiger partial charge in [0.25, 0.3) is 0 Å². The fraction of sp³-hybridized carbons (Fsp3) is 0.333. The van der Waals surface area contributed by atoms with Crippen molar-refractivity contribution in [3.8, 4) is 6.07 Å². The maximum absolute atomic E-state index is 11.9. The van der Waals surface area contributed by atoms with Crippen molar-refractivity contribution < 1.29 is 4.79 Å². The zero-order chi connectivity index (χ0) is 14.7. The molecule has 0 aromatic carbocycles. The lowest BCUT2D eigenvalue weighted by atomic mass is 9.91. The average Bonchev–Trinajstić information content (AvgIpc) is 2.81. The van der Waals surface area contributed by atoms with Crippen molar-refractivity contribution in [1.29, 1.82) is 5.26 Å². The van der Waals surface area contributed by atoms with Crippen molar-refractivity contribution in [2.75, 3.05) is 5.75 Å². The Morgan fingerprint density at radius 1 is 1.70 bits per heavy atom. The molecule has 2 heterocycles. The number of carbonyl (C=O) groups is 1. The molecule has 1 aromatic rings. The Morgan fingerprint density at radius 2 is 2.45 bits per heavy atom. The van der Waals surface area contributed by atoms with Gasteiger partial charge in [-0.1, -0.05) is 12.2 Å². The summed E-state index contributed by atoms with van der Waals surface area (Å²) >= 11 is 3.09. The number of carbonyl (C=O) groups excluding carboxylic acids is 1. The molecule has 0 bridgehead atoms. The van der Waals surface area contributed by atoms with Gasteiger partial charge in [0.2, 0.25) is 5.91 Å². The molecule has 0 fully saturated rings. The van der Waals surface area contributed by atoms with Crippen molar-refractivity contribution in [2.24, 2.45) is 0 Å². The molecule has 0 spiro atoms. The topological polar surface area (TPSA) is 52.9 Å². The highest BCUT2D eigenvalue weighted by molar-refractivity contribution is 8.03. The van der Waals surface area contributed by atoms with E-state index in [1.165, 1.54) is 11.8 Å². The van der Waals surface area contributed by atoms with E-state index in [-0.39, 0.29) is 11.8 Å². The number of aryl methyl sites for hydroxylation is 1. The molecule has 20 heavy (non-hydrogen) atoms. The predicted molar refractivity (Wildman–Crippen MR) is 84.5 cm³/mol. The molecule has 1 aromatic heterocycles. The van der Waals surface area contributed by atoms with Gasteiger partial charge in [-0.15, -0.1) is 23.1 Å². The second kappa shape index (κ2) is 6.29. The van der Waals surface area contributed by atoms with Gasteiger partial charge in [0, 0.05) is 23.0 Å². The molecular weight excluding hydrogens is 288 g/mol. The van der Waals surface area contributed by atoms with Crippen LogP contribution in [0.3, 0.4) is 0 Å². The molecule has 1 N–H and O–H groups in total. The number of nitrogens with one attached hydrogen (secondary N) is 1. The standard InChI is InChI=1S/C15H16N2OS2/c1-9(2)8-20-15-12(7-16)11(6-13(18)17-15)14-10(3)4-5-19-14/h4-5,11H,1,6,8H2,2-3H3,(H,17,18)/t11-/m0/s1. The van der Waals surface area contributed by atoms with Crippen LogP contribution in [0, 0.1) is 18.3 Å². The Bertz CT molecular complexity index is 622. The summed E-state index contributed by atoms with van der Waals surface area (Å²) in [6, 6.07) is 4.31. The number of nitrogens with zero attached hydrogens (tertiary/aromatic N) is 1. The molecule has 104 valence electrons. The molecule has 0 aliphatic carbocycles. The zero-order valence-corrected chi connectivity index (χ0v) is 13.2. The number of hydrogen-bond donors (Lipinski definition) is 1. The van der Waals surface area contributed by atoms with Crippen molar-refractivity contribution in [2.45, 2.75) is 26.2 Å². The van der Waals surface area contributed by atoms with Gasteiger partial charge in [-0.05, 0) is 30.9 Å². The molecule has 1 aliphatic rings. The quantitative estimate of drug-likeness (QED) is 0.863. The first-order valence-electron chi connectivity index (χ1n) is 6.28. The van der Waals surface area contributed by atoms with Gasteiger partial charge in [-0.3, -0.25) is 4.79 Å². The smallest absolute Gasteiger partial charge is 0.225 e. The van der Waals surface area contributed by atoms with Crippen molar-refractivity contribution in [3.05, 3.63) is 44.6 Å². The minimum Gasteiger partial charge on any atom is -0.320 e. The molecule has 5 heteroatoms. The highest BCUT2D eigenvalue weighted by Crippen LogP contribution is 2.39. The van der Waals surface area contributed by atoms with Crippen LogP contribution in [0.5, 0.6) is 0 Å². The number of thioether (sulfide) groups is 1. The summed E-state index contributed by atoms with van der Waals surface area (Å²) in [5.41, 5.74) is 2.83. The summed E-state index contributed by atoms with van der Waals surface area (Å²) in [5.74, 6) is 0.573. The largest absolute Gasteiger partial charge is 0.320 e.